The van der Waals surface area contributed by atoms with E-state index in [1.807, 2.05) is 6.92 Å². The van der Waals surface area contributed by atoms with Gasteiger partial charge in [-0.05, 0) is 19.8 Å². The van der Waals surface area contributed by atoms with Gasteiger partial charge in [0.2, 0.25) is 0 Å². The van der Waals surface area contributed by atoms with Gasteiger partial charge in [-0.25, -0.2) is 4.79 Å². The Morgan fingerprint density at radius 3 is 1.95 bits per heavy atom. The summed E-state index contributed by atoms with van der Waals surface area (Å²) in [5.41, 5.74) is 0.473. The Morgan fingerprint density at radius 1 is 0.895 bits per heavy atom. The summed E-state index contributed by atoms with van der Waals surface area (Å²) in [6.45, 7) is 7.35. The molecule has 4 nitrogen and oxygen atoms in total. The van der Waals surface area contributed by atoms with E-state index in [1.54, 1.807) is 10.6 Å². The quantitative estimate of drug-likeness (QED) is 0.679. The first-order chi connectivity index (χ1) is 9.11. The first kappa shape index (κ1) is 15.7. The normalized spacial score (nSPS) is 10.9. The molecule has 0 N–H and O–H groups in total. The molecule has 0 saturated heterocycles. The van der Waals surface area contributed by atoms with E-state index in [9.17, 15) is 9.59 Å². The molecule has 1 aromatic rings. The molecule has 0 radical (unpaired) electrons. The molecule has 0 aromatic carbocycles. The van der Waals surface area contributed by atoms with Crippen LogP contribution in [0.2, 0.25) is 0 Å². The Kier molecular flexibility index (Phi) is 6.60. The van der Waals surface area contributed by atoms with Gasteiger partial charge in [-0.1, -0.05) is 39.5 Å². The van der Waals surface area contributed by atoms with E-state index in [0.717, 1.165) is 44.2 Å². The highest BCUT2D eigenvalue weighted by atomic mass is 16.2. The van der Waals surface area contributed by atoms with E-state index in [4.69, 9.17) is 0 Å². The lowest BCUT2D eigenvalue weighted by atomic mass is 10.2. The van der Waals surface area contributed by atoms with Gasteiger partial charge in [0.25, 0.3) is 5.56 Å². The van der Waals surface area contributed by atoms with E-state index < -0.39 is 0 Å². The molecular weight excluding hydrogens is 240 g/mol. The maximum absolute atomic E-state index is 12.3. The first-order valence-electron chi connectivity index (χ1n) is 7.43. The van der Waals surface area contributed by atoms with E-state index in [1.165, 1.54) is 4.57 Å². The third kappa shape index (κ3) is 4.37. The number of nitrogens with zero attached hydrogens (tertiary/aromatic N) is 2. The zero-order valence-corrected chi connectivity index (χ0v) is 12.4. The van der Waals surface area contributed by atoms with Gasteiger partial charge in [-0.3, -0.25) is 13.9 Å². The Morgan fingerprint density at radius 2 is 1.42 bits per heavy atom. The maximum Gasteiger partial charge on any atom is 0.331 e. The fourth-order valence-corrected chi connectivity index (χ4v) is 2.24. The second-order valence-electron chi connectivity index (χ2n) is 5.12. The van der Waals surface area contributed by atoms with E-state index in [-0.39, 0.29) is 11.2 Å². The van der Waals surface area contributed by atoms with Crippen LogP contribution in [0.4, 0.5) is 0 Å². The van der Waals surface area contributed by atoms with Crippen molar-refractivity contribution < 1.29 is 0 Å². The smallest absolute Gasteiger partial charge is 0.298 e. The largest absolute Gasteiger partial charge is 0.331 e. The lowest BCUT2D eigenvalue weighted by Gasteiger charge is -2.12. The molecule has 0 saturated carbocycles. The fraction of sp³-hybridized carbons (Fsp3) is 0.733. The number of hydrogen-bond donors (Lipinski definition) is 0. The molecule has 0 aliphatic rings. The van der Waals surface area contributed by atoms with Crippen molar-refractivity contribution in [2.75, 3.05) is 0 Å². The summed E-state index contributed by atoms with van der Waals surface area (Å²) in [6.07, 6.45) is 6.26. The molecule has 19 heavy (non-hydrogen) atoms. The van der Waals surface area contributed by atoms with Gasteiger partial charge in [-0.2, -0.15) is 0 Å². The summed E-state index contributed by atoms with van der Waals surface area (Å²) in [5.74, 6) is 0. The lowest BCUT2D eigenvalue weighted by Crippen LogP contribution is -2.40. The molecule has 1 aromatic heterocycles. The van der Waals surface area contributed by atoms with Crippen molar-refractivity contribution >= 4 is 0 Å². The molecule has 0 aliphatic carbocycles. The van der Waals surface area contributed by atoms with Crippen LogP contribution < -0.4 is 11.2 Å². The molecule has 0 fully saturated rings. The van der Waals surface area contributed by atoms with E-state index in [2.05, 4.69) is 13.8 Å². The molecule has 1 heterocycles. The number of rotatable bonds is 8. The molecule has 1 rings (SSSR count). The summed E-state index contributed by atoms with van der Waals surface area (Å²) in [5, 5.41) is 0. The van der Waals surface area contributed by atoms with E-state index in [0.29, 0.717) is 13.1 Å². The van der Waals surface area contributed by atoms with Crippen LogP contribution in [-0.4, -0.2) is 9.13 Å². The second kappa shape index (κ2) is 7.97. The lowest BCUT2D eigenvalue weighted by molar-refractivity contribution is 0.496. The van der Waals surface area contributed by atoms with Crippen LogP contribution in [0, 0.1) is 6.92 Å². The van der Waals surface area contributed by atoms with Gasteiger partial charge >= 0.3 is 5.69 Å². The highest BCUT2D eigenvalue weighted by molar-refractivity contribution is 5.00. The Labute approximate surface area is 115 Å². The molecule has 0 atom stereocenters. The van der Waals surface area contributed by atoms with Crippen molar-refractivity contribution in [2.45, 2.75) is 72.4 Å². The van der Waals surface area contributed by atoms with Gasteiger partial charge in [0, 0.05) is 24.8 Å². The minimum atomic E-state index is -0.162. The minimum absolute atomic E-state index is 0.141. The molecule has 108 valence electrons. The SMILES string of the molecule is CCCCCn1c(C)cc(=O)n(CCCCC)c1=O. The Bertz CT molecular complexity index is 500. The van der Waals surface area contributed by atoms with Crippen LogP contribution in [-0.2, 0) is 13.1 Å². The zero-order chi connectivity index (χ0) is 14.3. The van der Waals surface area contributed by atoms with Crippen molar-refractivity contribution in [2.24, 2.45) is 0 Å². The number of hydrogen-bond acceptors (Lipinski definition) is 2. The number of aromatic nitrogens is 2. The van der Waals surface area contributed by atoms with Crippen molar-refractivity contribution in [3.63, 3.8) is 0 Å². The van der Waals surface area contributed by atoms with Crippen molar-refractivity contribution in [3.8, 4) is 0 Å². The fourth-order valence-electron chi connectivity index (χ4n) is 2.24. The predicted octanol–water partition coefficient (Wildman–Crippen LogP) is 2.70. The van der Waals surface area contributed by atoms with Crippen LogP contribution in [0.15, 0.2) is 15.7 Å². The van der Waals surface area contributed by atoms with Crippen LogP contribution in [0.5, 0.6) is 0 Å². The third-order valence-electron chi connectivity index (χ3n) is 3.46. The van der Waals surface area contributed by atoms with Crippen molar-refractivity contribution in [3.05, 3.63) is 32.6 Å². The Balaban J connectivity index is 2.95. The van der Waals surface area contributed by atoms with Crippen molar-refractivity contribution in [1.82, 2.24) is 9.13 Å². The zero-order valence-electron chi connectivity index (χ0n) is 12.4. The average Bonchev–Trinajstić information content (AvgIpc) is 2.37. The van der Waals surface area contributed by atoms with Gasteiger partial charge < -0.3 is 0 Å². The molecule has 0 unspecified atom stereocenters. The maximum atomic E-state index is 12.3. The standard InChI is InChI=1S/C15H26N2O2/c1-4-6-8-10-16-13(3)12-14(18)17(15(16)19)11-9-7-5-2/h12H,4-11H2,1-3H3. The summed E-state index contributed by atoms with van der Waals surface area (Å²) in [7, 11) is 0. The van der Waals surface area contributed by atoms with E-state index >= 15 is 0 Å². The van der Waals surface area contributed by atoms with Gasteiger partial charge in [0.05, 0.1) is 0 Å². The van der Waals surface area contributed by atoms with Gasteiger partial charge in [-0.15, -0.1) is 0 Å². The van der Waals surface area contributed by atoms with Crippen molar-refractivity contribution in [1.29, 1.82) is 0 Å². The topological polar surface area (TPSA) is 44.0 Å². The predicted molar refractivity (Wildman–Crippen MR) is 78.7 cm³/mol. The highest BCUT2D eigenvalue weighted by Crippen LogP contribution is 2.00. The molecule has 0 spiro atoms. The van der Waals surface area contributed by atoms with Gasteiger partial charge in [0.15, 0.2) is 0 Å². The van der Waals surface area contributed by atoms with Crippen LogP contribution >= 0.6 is 0 Å². The molecule has 4 heteroatoms. The highest BCUT2D eigenvalue weighted by Gasteiger charge is 2.08. The average molecular weight is 266 g/mol. The second-order valence-corrected chi connectivity index (χ2v) is 5.12. The number of unbranched alkanes of at least 4 members (excludes halogenated alkanes) is 4. The molecular formula is C15H26N2O2. The van der Waals surface area contributed by atoms with Crippen LogP contribution in [0.1, 0.15) is 58.1 Å². The van der Waals surface area contributed by atoms with Crippen LogP contribution in [0.25, 0.3) is 0 Å². The monoisotopic (exact) mass is 266 g/mol. The molecule has 0 amide bonds. The number of aryl methyl sites for hydroxylation is 1. The Hall–Kier alpha value is -1.32. The van der Waals surface area contributed by atoms with Crippen LogP contribution in [0.3, 0.4) is 0 Å². The minimum Gasteiger partial charge on any atom is -0.298 e. The third-order valence-corrected chi connectivity index (χ3v) is 3.46. The molecule has 0 aliphatic heterocycles. The first-order valence-corrected chi connectivity index (χ1v) is 7.43. The summed E-state index contributed by atoms with van der Waals surface area (Å²) >= 11 is 0. The van der Waals surface area contributed by atoms with Gasteiger partial charge in [0.1, 0.15) is 0 Å². The summed E-state index contributed by atoms with van der Waals surface area (Å²) < 4.78 is 3.12. The molecule has 0 bridgehead atoms. The summed E-state index contributed by atoms with van der Waals surface area (Å²) in [4.78, 5) is 24.2. The summed E-state index contributed by atoms with van der Waals surface area (Å²) in [6, 6.07) is 1.58.